The molecule has 1 unspecified atom stereocenters. The van der Waals surface area contributed by atoms with Gasteiger partial charge in [-0.2, -0.15) is 0 Å². The minimum atomic E-state index is -1.26. The van der Waals surface area contributed by atoms with E-state index in [1.807, 2.05) is 30.0 Å². The number of rotatable bonds is 6. The zero-order valence-corrected chi connectivity index (χ0v) is 17.8. The molecule has 0 radical (unpaired) electrons. The van der Waals surface area contributed by atoms with Crippen LogP contribution in [0.1, 0.15) is 20.8 Å². The molecule has 2 aromatic rings. The van der Waals surface area contributed by atoms with Gasteiger partial charge in [-0.15, -0.1) is 0 Å². The number of hydrogen-bond donors (Lipinski definition) is 4. The zero-order chi connectivity index (χ0) is 22.5. The van der Waals surface area contributed by atoms with E-state index in [-0.39, 0.29) is 5.88 Å². The molecule has 1 fully saturated rings. The average Bonchev–Trinajstić information content (AvgIpc) is 3.33. The molecule has 1 saturated heterocycles. The molecule has 3 aliphatic heterocycles. The van der Waals surface area contributed by atoms with Gasteiger partial charge >= 0.3 is 5.97 Å². The molecule has 11 nitrogen and oxygen atoms in total. The number of pyridine rings is 1. The van der Waals surface area contributed by atoms with Crippen LogP contribution in [-0.4, -0.2) is 35.4 Å². The second kappa shape index (κ2) is 7.02. The van der Waals surface area contributed by atoms with E-state index in [4.69, 9.17) is 20.0 Å². The number of benzene rings is 1. The van der Waals surface area contributed by atoms with Crippen LogP contribution in [-0.2, 0) is 9.63 Å². The summed E-state index contributed by atoms with van der Waals surface area (Å²) in [7, 11) is 0. The van der Waals surface area contributed by atoms with Gasteiger partial charge in [0.1, 0.15) is 11.6 Å². The number of nitrogens with zero attached hydrogens (tertiary/aromatic N) is 3. The summed E-state index contributed by atoms with van der Waals surface area (Å²) in [6.45, 7) is 5.55. The lowest BCUT2D eigenvalue weighted by Gasteiger charge is -2.36. The molecule has 2 bridgehead atoms. The van der Waals surface area contributed by atoms with Gasteiger partial charge in [-0.1, -0.05) is 0 Å². The summed E-state index contributed by atoms with van der Waals surface area (Å²) in [5.74, 6) is -0.0160. The van der Waals surface area contributed by atoms with Gasteiger partial charge in [0, 0.05) is 17.9 Å². The minimum Gasteiger partial charge on any atom is -0.471 e. The van der Waals surface area contributed by atoms with E-state index in [0.717, 1.165) is 28.5 Å². The fourth-order valence-corrected chi connectivity index (χ4v) is 3.49. The van der Waals surface area contributed by atoms with Crippen LogP contribution in [0.5, 0.6) is 11.6 Å². The van der Waals surface area contributed by atoms with Crippen LogP contribution in [0.25, 0.3) is 0 Å². The van der Waals surface area contributed by atoms with E-state index in [0.29, 0.717) is 12.4 Å². The molecule has 3 aliphatic rings. The topological polar surface area (TPSA) is 135 Å². The van der Waals surface area contributed by atoms with Crippen LogP contribution in [0, 0.1) is 0 Å². The Labute approximate surface area is 184 Å². The fourth-order valence-electron chi connectivity index (χ4n) is 3.49. The predicted octanol–water partition coefficient (Wildman–Crippen LogP) is 1.87. The molecular formula is C21H23N7O4. The van der Waals surface area contributed by atoms with Crippen molar-refractivity contribution in [2.75, 3.05) is 22.3 Å². The van der Waals surface area contributed by atoms with Crippen molar-refractivity contribution in [3.05, 3.63) is 47.9 Å². The Bertz CT molecular complexity index is 1150. The molecule has 5 rings (SSSR count). The minimum absolute atomic E-state index is 0.271. The van der Waals surface area contributed by atoms with E-state index in [2.05, 4.69) is 26.1 Å². The molecule has 0 saturated carbocycles. The lowest BCUT2D eigenvalue weighted by atomic mass is 10.1. The summed E-state index contributed by atoms with van der Waals surface area (Å²) in [6.07, 6.45) is 3.31. The molecule has 1 aromatic heterocycles. The summed E-state index contributed by atoms with van der Waals surface area (Å²) < 4.78 is 11.1. The van der Waals surface area contributed by atoms with Gasteiger partial charge in [-0.05, 0) is 45.0 Å². The number of fused-ring (bicyclic) bond motifs is 3. The molecule has 32 heavy (non-hydrogen) atoms. The Kier molecular flexibility index (Phi) is 4.38. The summed E-state index contributed by atoms with van der Waals surface area (Å²) in [5.41, 5.74) is 10.4. The number of anilines is 3. The molecule has 0 aliphatic carbocycles. The molecule has 5 N–H and O–H groups in total. The lowest BCUT2D eigenvalue weighted by Crippen LogP contribution is -2.51. The number of amides is 1. The molecule has 0 spiro atoms. The predicted molar refractivity (Wildman–Crippen MR) is 118 cm³/mol. The van der Waals surface area contributed by atoms with Crippen molar-refractivity contribution in [2.45, 2.75) is 32.3 Å². The van der Waals surface area contributed by atoms with Crippen molar-refractivity contribution in [1.29, 1.82) is 0 Å². The van der Waals surface area contributed by atoms with Gasteiger partial charge in [-0.25, -0.2) is 20.3 Å². The number of aromatic nitrogens is 1. The normalized spacial score (nSPS) is 20.9. The Morgan fingerprint density at radius 2 is 2.19 bits per heavy atom. The quantitative estimate of drug-likeness (QED) is 0.534. The highest BCUT2D eigenvalue weighted by atomic mass is 16.7. The Hall–Kier alpha value is -3.99. The third-order valence-electron chi connectivity index (χ3n) is 5.33. The number of aliphatic imine (C=N–C) groups is 1. The van der Waals surface area contributed by atoms with E-state index >= 15 is 0 Å². The summed E-state index contributed by atoms with van der Waals surface area (Å²) in [6, 6.07) is 9.21. The summed E-state index contributed by atoms with van der Waals surface area (Å²) in [4.78, 5) is 28.2. The van der Waals surface area contributed by atoms with Crippen LogP contribution in [0.4, 0.5) is 17.1 Å². The number of ether oxygens (including phenoxy) is 2. The number of carbonyl (C=O) groups excluding carboxylic acids is 1. The largest absolute Gasteiger partial charge is 0.471 e. The van der Waals surface area contributed by atoms with Gasteiger partial charge in [0.05, 0.1) is 23.3 Å². The third-order valence-corrected chi connectivity index (χ3v) is 5.33. The second-order valence-corrected chi connectivity index (χ2v) is 8.07. The Balaban J connectivity index is 1.43. The number of carbonyl (C=O) groups is 1. The lowest BCUT2D eigenvalue weighted by molar-refractivity contribution is -0.130. The molecule has 1 amide bonds. The number of hydroxylamine groups is 1. The average molecular weight is 437 g/mol. The van der Waals surface area contributed by atoms with Crippen LogP contribution in [0.2, 0.25) is 0 Å². The summed E-state index contributed by atoms with van der Waals surface area (Å²) >= 11 is 0. The van der Waals surface area contributed by atoms with Crippen LogP contribution >= 0.6 is 0 Å². The maximum absolute atomic E-state index is 11.5. The van der Waals surface area contributed by atoms with Gasteiger partial charge in [0.25, 0.3) is 5.91 Å². The number of primary amides is 1. The standard InChI is InChI=1S/C21H23N7O4/c1-12-9-25-21(26-13-4-7-17(23-10-13)31-20(2,3)19(22)29)28(18(12)27-32-21)14-5-6-16-15(8-14)24-11-30-16/h4-10,24,26-27H,11H2,1-3H3,(H2,22,29). The number of hydrogen-bond acceptors (Lipinski definition) is 10. The van der Waals surface area contributed by atoms with Crippen LogP contribution in [0.15, 0.2) is 52.9 Å². The third kappa shape index (κ3) is 3.23. The fraction of sp³-hybridized carbons (Fsp3) is 0.286. The van der Waals surface area contributed by atoms with Crippen molar-refractivity contribution in [2.24, 2.45) is 10.7 Å². The van der Waals surface area contributed by atoms with Gasteiger partial charge < -0.3 is 25.8 Å². The number of allylic oxidation sites excluding steroid dienone is 1. The highest BCUT2D eigenvalue weighted by molar-refractivity contribution is 5.85. The smallest absolute Gasteiger partial charge is 0.351 e. The molecule has 11 heteroatoms. The number of nitrogens with two attached hydrogens (primary N) is 1. The monoisotopic (exact) mass is 437 g/mol. The van der Waals surface area contributed by atoms with E-state index in [9.17, 15) is 4.79 Å². The van der Waals surface area contributed by atoms with E-state index < -0.39 is 17.5 Å². The SMILES string of the molecule is CC1=C2NOC(Nc3ccc(OC(C)(C)C(N)=O)nc3)(N=C1)N2c1ccc2c(c1)NCO2. The van der Waals surface area contributed by atoms with Gasteiger partial charge in [-0.3, -0.25) is 9.69 Å². The molecule has 166 valence electrons. The second-order valence-electron chi connectivity index (χ2n) is 8.07. The van der Waals surface area contributed by atoms with E-state index in [1.165, 1.54) is 0 Å². The van der Waals surface area contributed by atoms with E-state index in [1.54, 1.807) is 38.4 Å². The maximum Gasteiger partial charge on any atom is 0.351 e. The first kappa shape index (κ1) is 19.9. The van der Waals surface area contributed by atoms with Crippen molar-refractivity contribution in [1.82, 2.24) is 10.5 Å². The highest BCUT2D eigenvalue weighted by Gasteiger charge is 2.49. The molecule has 1 atom stereocenters. The first-order chi connectivity index (χ1) is 15.3. The van der Waals surface area contributed by atoms with Crippen molar-refractivity contribution < 1.29 is 19.1 Å². The van der Waals surface area contributed by atoms with Crippen LogP contribution < -0.4 is 36.2 Å². The molecule has 1 aromatic carbocycles. The van der Waals surface area contributed by atoms with Crippen molar-refractivity contribution >= 4 is 29.2 Å². The van der Waals surface area contributed by atoms with Gasteiger partial charge in [0.2, 0.25) is 5.88 Å². The maximum atomic E-state index is 11.5. The van der Waals surface area contributed by atoms with Crippen molar-refractivity contribution in [3.63, 3.8) is 0 Å². The Morgan fingerprint density at radius 3 is 2.94 bits per heavy atom. The molecular weight excluding hydrogens is 414 g/mol. The Morgan fingerprint density at radius 1 is 1.34 bits per heavy atom. The molecule has 4 heterocycles. The summed E-state index contributed by atoms with van der Waals surface area (Å²) in [5, 5.41) is 6.48. The van der Waals surface area contributed by atoms with Crippen molar-refractivity contribution in [3.8, 4) is 11.6 Å². The first-order valence-corrected chi connectivity index (χ1v) is 10.0. The zero-order valence-electron chi connectivity index (χ0n) is 17.8. The van der Waals surface area contributed by atoms with Gasteiger partial charge in [0.15, 0.2) is 12.3 Å². The van der Waals surface area contributed by atoms with Crippen LogP contribution in [0.3, 0.4) is 0 Å². The first-order valence-electron chi connectivity index (χ1n) is 10.0. The number of nitrogens with one attached hydrogen (secondary N) is 3. The highest BCUT2D eigenvalue weighted by Crippen LogP contribution is 2.42.